The molecule has 0 aliphatic carbocycles. The van der Waals surface area contributed by atoms with Crippen LogP contribution in [0.25, 0.3) is 5.65 Å². The van der Waals surface area contributed by atoms with Crippen LogP contribution in [-0.2, 0) is 0 Å². The number of aromatic nitrogens is 3. The zero-order chi connectivity index (χ0) is 11.0. The number of hydrogen-bond donors (Lipinski definition) is 0. The van der Waals surface area contributed by atoms with Gasteiger partial charge in [0, 0.05) is 23.8 Å². The van der Waals surface area contributed by atoms with Gasteiger partial charge in [-0.2, -0.15) is 0 Å². The van der Waals surface area contributed by atoms with E-state index in [1.807, 2.05) is 18.3 Å². The molecule has 5 heteroatoms. The Morgan fingerprint density at radius 2 is 1.94 bits per heavy atom. The Hall–Kier alpha value is -1.10. The van der Waals surface area contributed by atoms with Gasteiger partial charge in [-0.3, -0.25) is 4.40 Å². The Balaban J connectivity index is 2.03. The molecule has 0 bridgehead atoms. The highest BCUT2D eigenvalue weighted by atomic mass is 79.9. The van der Waals surface area contributed by atoms with Crippen molar-refractivity contribution in [1.29, 1.82) is 0 Å². The first kappa shape index (κ1) is 10.1. The van der Waals surface area contributed by atoms with Gasteiger partial charge < -0.3 is 4.90 Å². The molecular formula is C11H13BrN4. The Kier molecular flexibility index (Phi) is 2.55. The Bertz CT molecular complexity index is 502. The maximum absolute atomic E-state index is 4.28. The SMILES string of the molecule is Brc1ccn2c(N3CCCCC3)nnc2c1. The van der Waals surface area contributed by atoms with Crippen LogP contribution >= 0.6 is 15.9 Å². The number of piperidine rings is 1. The van der Waals surface area contributed by atoms with Crippen LogP contribution in [0.2, 0.25) is 0 Å². The van der Waals surface area contributed by atoms with Crippen LogP contribution < -0.4 is 4.90 Å². The van der Waals surface area contributed by atoms with Crippen molar-refractivity contribution in [2.75, 3.05) is 18.0 Å². The third kappa shape index (κ3) is 1.69. The van der Waals surface area contributed by atoms with E-state index in [0.29, 0.717) is 0 Å². The van der Waals surface area contributed by atoms with Crippen molar-refractivity contribution >= 4 is 27.5 Å². The Labute approximate surface area is 102 Å². The van der Waals surface area contributed by atoms with Gasteiger partial charge in [0.1, 0.15) is 0 Å². The van der Waals surface area contributed by atoms with Gasteiger partial charge in [0.15, 0.2) is 5.65 Å². The first-order valence-electron chi connectivity index (χ1n) is 5.60. The van der Waals surface area contributed by atoms with Gasteiger partial charge in [-0.1, -0.05) is 15.9 Å². The van der Waals surface area contributed by atoms with E-state index in [1.54, 1.807) is 0 Å². The number of rotatable bonds is 1. The summed E-state index contributed by atoms with van der Waals surface area (Å²) in [5.74, 6) is 0.974. The number of pyridine rings is 1. The highest BCUT2D eigenvalue weighted by molar-refractivity contribution is 9.10. The van der Waals surface area contributed by atoms with E-state index >= 15 is 0 Å². The van der Waals surface area contributed by atoms with E-state index in [1.165, 1.54) is 19.3 Å². The molecule has 3 heterocycles. The monoisotopic (exact) mass is 280 g/mol. The summed E-state index contributed by atoms with van der Waals surface area (Å²) in [7, 11) is 0. The summed E-state index contributed by atoms with van der Waals surface area (Å²) in [5.41, 5.74) is 0.898. The topological polar surface area (TPSA) is 33.4 Å². The fourth-order valence-electron chi connectivity index (χ4n) is 2.16. The maximum atomic E-state index is 4.28. The number of fused-ring (bicyclic) bond motifs is 1. The Morgan fingerprint density at radius 3 is 2.75 bits per heavy atom. The largest absolute Gasteiger partial charge is 0.341 e. The minimum Gasteiger partial charge on any atom is -0.341 e. The Morgan fingerprint density at radius 1 is 1.12 bits per heavy atom. The average Bonchev–Trinajstić information content (AvgIpc) is 2.73. The molecule has 1 aliphatic heterocycles. The smallest absolute Gasteiger partial charge is 0.231 e. The molecule has 16 heavy (non-hydrogen) atoms. The number of hydrogen-bond acceptors (Lipinski definition) is 3. The minimum absolute atomic E-state index is 0.898. The first-order chi connectivity index (χ1) is 7.84. The van der Waals surface area contributed by atoms with Gasteiger partial charge in [-0.15, -0.1) is 10.2 Å². The van der Waals surface area contributed by atoms with Crippen LogP contribution in [0.15, 0.2) is 22.8 Å². The zero-order valence-corrected chi connectivity index (χ0v) is 10.5. The standard InChI is InChI=1S/C11H13BrN4/c12-9-4-7-16-10(8-9)13-14-11(16)15-5-2-1-3-6-15/h4,7-8H,1-3,5-6H2. The van der Waals surface area contributed by atoms with Crippen molar-refractivity contribution in [3.05, 3.63) is 22.8 Å². The lowest BCUT2D eigenvalue weighted by Gasteiger charge is -2.26. The molecule has 2 aromatic heterocycles. The summed E-state index contributed by atoms with van der Waals surface area (Å²) in [6.07, 6.45) is 5.86. The second-order valence-corrected chi connectivity index (χ2v) is 5.04. The van der Waals surface area contributed by atoms with Gasteiger partial charge >= 0.3 is 0 Å². The highest BCUT2D eigenvalue weighted by Gasteiger charge is 2.16. The summed E-state index contributed by atoms with van der Waals surface area (Å²) in [5, 5.41) is 8.47. The maximum Gasteiger partial charge on any atom is 0.231 e. The van der Waals surface area contributed by atoms with Crippen molar-refractivity contribution in [1.82, 2.24) is 14.6 Å². The van der Waals surface area contributed by atoms with E-state index < -0.39 is 0 Å². The van der Waals surface area contributed by atoms with Crippen molar-refractivity contribution in [2.24, 2.45) is 0 Å². The minimum atomic E-state index is 0.898. The normalized spacial score (nSPS) is 16.9. The van der Waals surface area contributed by atoms with Gasteiger partial charge in [-0.25, -0.2) is 0 Å². The van der Waals surface area contributed by atoms with Crippen LogP contribution in [0.4, 0.5) is 5.95 Å². The van der Waals surface area contributed by atoms with Crippen LogP contribution in [0, 0.1) is 0 Å². The molecule has 0 N–H and O–H groups in total. The lowest BCUT2D eigenvalue weighted by atomic mass is 10.1. The number of nitrogens with zero attached hydrogens (tertiary/aromatic N) is 4. The van der Waals surface area contributed by atoms with Crippen molar-refractivity contribution in [3.63, 3.8) is 0 Å². The highest BCUT2D eigenvalue weighted by Crippen LogP contribution is 2.20. The molecule has 0 atom stereocenters. The molecular weight excluding hydrogens is 268 g/mol. The molecule has 1 fully saturated rings. The summed E-state index contributed by atoms with van der Waals surface area (Å²) < 4.78 is 3.09. The van der Waals surface area contributed by atoms with Crippen molar-refractivity contribution in [2.45, 2.75) is 19.3 Å². The lowest BCUT2D eigenvalue weighted by molar-refractivity contribution is 0.566. The van der Waals surface area contributed by atoms with Gasteiger partial charge in [0.05, 0.1) is 0 Å². The predicted molar refractivity (Wildman–Crippen MR) is 66.8 cm³/mol. The summed E-state index contributed by atoms with van der Waals surface area (Å²) >= 11 is 3.44. The van der Waals surface area contributed by atoms with Gasteiger partial charge in [-0.05, 0) is 31.4 Å². The molecule has 0 spiro atoms. The predicted octanol–water partition coefficient (Wildman–Crippen LogP) is 2.48. The molecule has 84 valence electrons. The second kappa shape index (κ2) is 4.05. The number of halogens is 1. The van der Waals surface area contributed by atoms with Gasteiger partial charge in [0.25, 0.3) is 0 Å². The van der Waals surface area contributed by atoms with Gasteiger partial charge in [0.2, 0.25) is 5.95 Å². The fourth-order valence-corrected chi connectivity index (χ4v) is 2.49. The quantitative estimate of drug-likeness (QED) is 0.805. The van der Waals surface area contributed by atoms with Crippen molar-refractivity contribution < 1.29 is 0 Å². The first-order valence-corrected chi connectivity index (χ1v) is 6.39. The van der Waals surface area contributed by atoms with Crippen molar-refractivity contribution in [3.8, 4) is 0 Å². The number of anilines is 1. The summed E-state index contributed by atoms with van der Waals surface area (Å²) in [6.45, 7) is 2.19. The lowest BCUT2D eigenvalue weighted by Crippen LogP contribution is -2.31. The van der Waals surface area contributed by atoms with E-state index in [-0.39, 0.29) is 0 Å². The third-order valence-corrected chi connectivity index (χ3v) is 3.49. The summed E-state index contributed by atoms with van der Waals surface area (Å²) in [4.78, 5) is 2.32. The van der Waals surface area contributed by atoms with E-state index in [4.69, 9.17) is 0 Å². The molecule has 0 amide bonds. The summed E-state index contributed by atoms with van der Waals surface area (Å²) in [6, 6.07) is 4.00. The van der Waals surface area contributed by atoms with E-state index in [9.17, 15) is 0 Å². The van der Waals surface area contributed by atoms with Crippen LogP contribution in [-0.4, -0.2) is 27.7 Å². The molecule has 1 aliphatic rings. The van der Waals surface area contributed by atoms with Crippen LogP contribution in [0.3, 0.4) is 0 Å². The molecule has 0 saturated carbocycles. The molecule has 2 aromatic rings. The van der Waals surface area contributed by atoms with Crippen LogP contribution in [0.5, 0.6) is 0 Å². The molecule has 0 radical (unpaired) electrons. The molecule has 4 nitrogen and oxygen atoms in total. The van der Waals surface area contributed by atoms with E-state index in [2.05, 4.69) is 35.4 Å². The third-order valence-electron chi connectivity index (χ3n) is 2.99. The van der Waals surface area contributed by atoms with Crippen LogP contribution in [0.1, 0.15) is 19.3 Å². The molecule has 0 unspecified atom stereocenters. The molecule has 3 rings (SSSR count). The average molecular weight is 281 g/mol. The second-order valence-electron chi connectivity index (χ2n) is 4.12. The van der Waals surface area contributed by atoms with E-state index in [0.717, 1.165) is 29.2 Å². The fraction of sp³-hybridized carbons (Fsp3) is 0.455. The molecule has 0 aromatic carbocycles. The zero-order valence-electron chi connectivity index (χ0n) is 8.93. The molecule has 1 saturated heterocycles.